The molecule has 0 amide bonds. The molecule has 0 spiro atoms. The maximum atomic E-state index is 10.6. The lowest BCUT2D eigenvalue weighted by Gasteiger charge is -2.13. The fourth-order valence-electron chi connectivity index (χ4n) is 0.858. The van der Waals surface area contributed by atoms with Crippen LogP contribution in [0.4, 0.5) is 0 Å². The van der Waals surface area contributed by atoms with Gasteiger partial charge in [0.25, 0.3) is 0 Å². The van der Waals surface area contributed by atoms with Crippen LogP contribution in [0.2, 0.25) is 0 Å². The maximum absolute atomic E-state index is 10.6. The van der Waals surface area contributed by atoms with Crippen LogP contribution in [0.15, 0.2) is 0 Å². The minimum Gasteiger partial charge on any atom is -0.480 e. The first-order valence-corrected chi connectivity index (χ1v) is 5.82. The number of carbonyl (C=O) groups is 1. The smallest absolute Gasteiger partial charge is 0.480 e. The highest BCUT2D eigenvalue weighted by molar-refractivity contribution is 7.46. The van der Waals surface area contributed by atoms with Crippen LogP contribution in [0, 0.1) is 0 Å². The van der Waals surface area contributed by atoms with Gasteiger partial charge in [-0.15, -0.1) is 0 Å². The molecule has 0 aromatic carbocycles. The molecule has 9 heteroatoms. The van der Waals surface area contributed by atoms with Gasteiger partial charge in [-0.3, -0.25) is 4.79 Å². The molecular weight excluding hydrogens is 227 g/mol. The molecule has 1 atom stereocenters. The van der Waals surface area contributed by atoms with Crippen molar-refractivity contribution >= 4 is 13.8 Å². The quantitative estimate of drug-likeness (QED) is 0.211. The average molecular weight is 242 g/mol. The number of hydroxylamine groups is 1. The summed E-state index contributed by atoms with van der Waals surface area (Å²) < 4.78 is 14.2. The zero-order valence-corrected chi connectivity index (χ0v) is 8.89. The second kappa shape index (κ2) is 6.89. The molecule has 0 unspecified atom stereocenters. The zero-order valence-electron chi connectivity index (χ0n) is 8.00. The van der Waals surface area contributed by atoms with Crippen molar-refractivity contribution in [2.75, 3.05) is 6.54 Å². The van der Waals surface area contributed by atoms with E-state index in [1.807, 2.05) is 5.48 Å². The number of nitrogens with one attached hydrogen (secondary N) is 1. The van der Waals surface area contributed by atoms with Crippen LogP contribution in [0.25, 0.3) is 0 Å². The largest absolute Gasteiger partial charge is 0.486 e. The van der Waals surface area contributed by atoms with Gasteiger partial charge in [-0.05, 0) is 25.8 Å². The predicted molar refractivity (Wildman–Crippen MR) is 50.6 cm³/mol. The van der Waals surface area contributed by atoms with Gasteiger partial charge in [-0.2, -0.15) is 10.1 Å². The highest BCUT2D eigenvalue weighted by Crippen LogP contribution is 2.34. The van der Waals surface area contributed by atoms with Crippen LogP contribution in [-0.4, -0.2) is 33.4 Å². The standard InChI is InChI=1S/C6H15N2O6P/c7-4-2-1-3-5(6(9)10)8-14-15(11,12)13/h5,8H,1-4,7H2,(H,9,10)(H2,11,12,13)/t5-/m0/s1. The second-order valence-corrected chi connectivity index (χ2v) is 4.04. The number of rotatable bonds is 8. The van der Waals surface area contributed by atoms with E-state index in [9.17, 15) is 9.36 Å². The van der Waals surface area contributed by atoms with E-state index in [1.165, 1.54) is 0 Å². The average Bonchev–Trinajstić information content (AvgIpc) is 2.08. The fraction of sp³-hybridized carbons (Fsp3) is 0.833. The first-order valence-electron chi connectivity index (χ1n) is 4.29. The molecule has 0 saturated heterocycles. The molecule has 0 aromatic heterocycles. The minimum atomic E-state index is -4.70. The number of unbranched alkanes of at least 4 members (excludes halogenated alkanes) is 1. The van der Waals surface area contributed by atoms with E-state index >= 15 is 0 Å². The van der Waals surface area contributed by atoms with Crippen molar-refractivity contribution in [3.8, 4) is 0 Å². The molecule has 0 bridgehead atoms. The summed E-state index contributed by atoms with van der Waals surface area (Å²) >= 11 is 0. The molecule has 0 heterocycles. The van der Waals surface area contributed by atoms with E-state index in [4.69, 9.17) is 20.6 Å². The summed E-state index contributed by atoms with van der Waals surface area (Å²) in [6.07, 6.45) is 1.36. The number of hydrogen-bond donors (Lipinski definition) is 5. The van der Waals surface area contributed by atoms with Gasteiger partial charge in [0.15, 0.2) is 0 Å². The van der Waals surface area contributed by atoms with Crippen molar-refractivity contribution in [1.29, 1.82) is 0 Å². The zero-order chi connectivity index (χ0) is 11.9. The first kappa shape index (κ1) is 14.5. The number of hydrogen-bond acceptors (Lipinski definition) is 5. The molecule has 90 valence electrons. The first-order chi connectivity index (χ1) is 6.87. The van der Waals surface area contributed by atoms with Gasteiger partial charge >= 0.3 is 13.8 Å². The molecule has 0 fully saturated rings. The number of aliphatic carboxylic acids is 1. The molecule has 8 nitrogen and oxygen atoms in total. The summed E-state index contributed by atoms with van der Waals surface area (Å²) in [5.41, 5.74) is 7.03. The third-order valence-electron chi connectivity index (χ3n) is 1.56. The predicted octanol–water partition coefficient (Wildman–Crippen LogP) is -0.817. The molecule has 0 saturated carbocycles. The van der Waals surface area contributed by atoms with E-state index in [0.29, 0.717) is 19.4 Å². The van der Waals surface area contributed by atoms with Crippen LogP contribution >= 0.6 is 7.82 Å². The van der Waals surface area contributed by atoms with Crippen LogP contribution in [0.3, 0.4) is 0 Å². The van der Waals surface area contributed by atoms with Gasteiger partial charge in [-0.1, -0.05) is 0 Å². The molecule has 0 aliphatic heterocycles. The van der Waals surface area contributed by atoms with Gasteiger partial charge < -0.3 is 20.6 Å². The van der Waals surface area contributed by atoms with Gasteiger partial charge in [0, 0.05) is 0 Å². The van der Waals surface area contributed by atoms with Gasteiger partial charge in [0.2, 0.25) is 0 Å². The maximum Gasteiger partial charge on any atom is 0.486 e. The summed E-state index contributed by atoms with van der Waals surface area (Å²) in [5, 5.41) is 8.64. The van der Waals surface area contributed by atoms with Crippen LogP contribution < -0.4 is 11.2 Å². The Morgan fingerprint density at radius 2 is 2.07 bits per heavy atom. The molecule has 0 aromatic rings. The highest BCUT2D eigenvalue weighted by Gasteiger charge is 2.22. The Kier molecular flexibility index (Phi) is 6.66. The Hall–Kier alpha value is -0.500. The SMILES string of the molecule is NCCCC[C@H](NOP(=O)(O)O)C(=O)O. The van der Waals surface area contributed by atoms with E-state index in [2.05, 4.69) is 4.62 Å². The van der Waals surface area contributed by atoms with Crippen molar-refractivity contribution < 1.29 is 28.9 Å². The summed E-state index contributed by atoms with van der Waals surface area (Å²) in [6.45, 7) is 0.436. The molecule has 0 radical (unpaired) electrons. The Morgan fingerprint density at radius 3 is 2.47 bits per heavy atom. The summed E-state index contributed by atoms with van der Waals surface area (Å²) in [5.74, 6) is -1.24. The van der Waals surface area contributed by atoms with E-state index in [-0.39, 0.29) is 6.42 Å². The van der Waals surface area contributed by atoms with Gasteiger partial charge in [0.05, 0.1) is 0 Å². The third-order valence-corrected chi connectivity index (χ3v) is 1.90. The van der Waals surface area contributed by atoms with Crippen molar-refractivity contribution in [1.82, 2.24) is 5.48 Å². The monoisotopic (exact) mass is 242 g/mol. The topological polar surface area (TPSA) is 142 Å². The lowest BCUT2D eigenvalue weighted by atomic mass is 10.1. The van der Waals surface area contributed by atoms with Crippen molar-refractivity contribution in [2.24, 2.45) is 5.73 Å². The van der Waals surface area contributed by atoms with Gasteiger partial charge in [-0.25, -0.2) is 4.57 Å². The van der Waals surface area contributed by atoms with Crippen LogP contribution in [0.1, 0.15) is 19.3 Å². The minimum absolute atomic E-state index is 0.187. The van der Waals surface area contributed by atoms with Crippen LogP contribution in [-0.2, 0) is 14.0 Å². The Morgan fingerprint density at radius 1 is 1.47 bits per heavy atom. The molecule has 15 heavy (non-hydrogen) atoms. The lowest BCUT2D eigenvalue weighted by Crippen LogP contribution is -2.36. The highest BCUT2D eigenvalue weighted by atomic mass is 31.2. The van der Waals surface area contributed by atoms with Gasteiger partial charge in [0.1, 0.15) is 6.04 Å². The van der Waals surface area contributed by atoms with Crippen molar-refractivity contribution in [3.63, 3.8) is 0 Å². The fourth-order valence-corrected chi connectivity index (χ4v) is 1.12. The number of phosphoric acid groups is 1. The Bertz CT molecular complexity index is 242. The normalized spacial score (nSPS) is 13.8. The molecule has 0 rings (SSSR count). The summed E-state index contributed by atoms with van der Waals surface area (Å²) in [7, 11) is -4.70. The molecule has 0 aliphatic carbocycles. The molecule has 6 N–H and O–H groups in total. The number of nitrogens with two attached hydrogens (primary N) is 1. The molecular formula is C6H15N2O6P. The number of carboxylic acids is 1. The summed E-state index contributed by atoms with van der Waals surface area (Å²) in [6, 6.07) is -1.15. The summed E-state index contributed by atoms with van der Waals surface area (Å²) in [4.78, 5) is 27.3. The Labute approximate surface area is 86.6 Å². The van der Waals surface area contributed by atoms with Crippen molar-refractivity contribution in [3.05, 3.63) is 0 Å². The van der Waals surface area contributed by atoms with E-state index in [0.717, 1.165) is 0 Å². The van der Waals surface area contributed by atoms with E-state index < -0.39 is 19.8 Å². The number of carboxylic acid groups (broad SMARTS) is 1. The third kappa shape index (κ3) is 8.49. The lowest BCUT2D eigenvalue weighted by molar-refractivity contribution is -0.142. The van der Waals surface area contributed by atoms with E-state index in [1.54, 1.807) is 0 Å². The Balaban J connectivity index is 3.95. The molecule has 0 aliphatic rings. The van der Waals surface area contributed by atoms with Crippen molar-refractivity contribution in [2.45, 2.75) is 25.3 Å². The van der Waals surface area contributed by atoms with Crippen LogP contribution in [0.5, 0.6) is 0 Å². The second-order valence-electron chi connectivity index (χ2n) is 2.87.